The molecular formula is C72H78BClN12O10. The van der Waals surface area contributed by atoms with Crippen molar-refractivity contribution in [2.75, 3.05) is 18.1 Å². The number of halogens is 1. The minimum absolute atomic E-state index is 0.0587. The summed E-state index contributed by atoms with van der Waals surface area (Å²) in [4.78, 5) is 75.3. The van der Waals surface area contributed by atoms with E-state index in [4.69, 9.17) is 67.4 Å². The maximum Gasteiger partial charge on any atom is 0.488 e. The number of ether oxygens (including phenoxy) is 3. The molecule has 0 atom stereocenters. The fourth-order valence-corrected chi connectivity index (χ4v) is 11.7. The van der Waals surface area contributed by atoms with E-state index in [0.29, 0.717) is 93.2 Å². The first kappa shape index (κ1) is 68.6. The third kappa shape index (κ3) is 16.5. The number of aryl methyl sites for hydroxylation is 2. The van der Waals surface area contributed by atoms with Gasteiger partial charge in [0.2, 0.25) is 0 Å². The van der Waals surface area contributed by atoms with Gasteiger partial charge in [-0.15, -0.1) is 0 Å². The maximum absolute atomic E-state index is 12.7. The number of carbonyl (C=O) groups excluding carboxylic acids is 3. The number of fused-ring (bicyclic) bond motifs is 2. The van der Waals surface area contributed by atoms with E-state index in [1.165, 1.54) is 0 Å². The molecule has 0 unspecified atom stereocenters. The van der Waals surface area contributed by atoms with E-state index < -0.39 is 47.6 Å². The monoisotopic (exact) mass is 1320 g/mol. The zero-order valence-corrected chi connectivity index (χ0v) is 55.4. The highest BCUT2D eigenvalue weighted by Crippen LogP contribution is 2.44. The predicted octanol–water partition coefficient (Wildman–Crippen LogP) is 12.1. The number of nitrogens with one attached hydrogen (secondary N) is 2. The zero-order valence-electron chi connectivity index (χ0n) is 54.7. The fourth-order valence-electron chi connectivity index (χ4n) is 11.5. The van der Waals surface area contributed by atoms with Crippen LogP contribution in [0.15, 0.2) is 158 Å². The topological polar surface area (TPSA) is 320 Å². The van der Waals surface area contributed by atoms with E-state index in [1.807, 2.05) is 172 Å². The number of nitrogen functional groups attached to an aromatic ring is 2. The molecule has 0 bridgehead atoms. The number of hydrogen-bond acceptors (Lipinski definition) is 17. The second kappa shape index (κ2) is 29.2. The molecule has 2 aliphatic rings. The van der Waals surface area contributed by atoms with Crippen molar-refractivity contribution in [1.82, 2.24) is 49.7 Å². The van der Waals surface area contributed by atoms with E-state index in [1.54, 1.807) is 43.6 Å². The molecule has 0 radical (unpaired) electrons. The standard InChI is InChI=1S/C35H36N6O4.C26H27ClN6O2.C11H15BO4/c1-34(2,3)45-33(44)40-35(18-6-19-35)24-11-13-25(14-12-24)41-31(26-9-5-20-37-30(26)36)39-28-16-15-27(38-32(28)41)23-8-4-7-22(21-23)10-17-29(42)43;1-25(2,3)35-24(34)32-26(13-5-14-26)16-7-9-17(10-8-16)33-22(18-6-4-15-29-21(18)28)30-19-11-12-20(27)31-23(19)33;1-2-16-11(13)7-6-9-4-3-5-10(8-9)12(14)15/h4-5,7-9,11-16,20-21H,6,10,17-19H2,1-3H3,(H2,36,37)(H,40,44)(H,42,43);4,6-12,15H,5,13-14H2,1-3H3,(H2,28,29)(H,32,34);3-5,8,14-15H,2,6-7H2,1H3. The highest BCUT2D eigenvalue weighted by atomic mass is 35.5. The van der Waals surface area contributed by atoms with Crippen molar-refractivity contribution in [1.29, 1.82) is 0 Å². The number of benzene rings is 4. The van der Waals surface area contributed by atoms with E-state index in [9.17, 15) is 19.2 Å². The molecule has 2 amide bonds. The Hall–Kier alpha value is -10.2. The van der Waals surface area contributed by atoms with Gasteiger partial charge in [0.1, 0.15) is 39.0 Å². The number of aliphatic carboxylic acids is 1. The number of pyridine rings is 4. The van der Waals surface area contributed by atoms with Crippen molar-refractivity contribution in [2.45, 2.75) is 135 Å². The lowest BCUT2D eigenvalue weighted by Gasteiger charge is -2.43. The number of esters is 1. The van der Waals surface area contributed by atoms with Crippen molar-refractivity contribution in [2.24, 2.45) is 0 Å². The number of hydrogen-bond donors (Lipinski definition) is 7. The van der Waals surface area contributed by atoms with Crippen molar-refractivity contribution < 1.29 is 48.5 Å². The zero-order chi connectivity index (χ0) is 68.5. The molecule has 2 aliphatic carbocycles. The summed E-state index contributed by atoms with van der Waals surface area (Å²) in [7, 11) is -1.47. The largest absolute Gasteiger partial charge is 0.488 e. The molecule has 2 saturated carbocycles. The van der Waals surface area contributed by atoms with Crippen LogP contribution < -0.4 is 27.6 Å². The molecule has 12 rings (SSSR count). The molecule has 10 aromatic rings. The van der Waals surface area contributed by atoms with Crippen LogP contribution in [0.25, 0.3) is 67.7 Å². The SMILES string of the molecule is CC(C)(C)OC(=O)NC1(c2ccc(-n3c(-c4cccnc4N)nc4ccc(-c5cccc(CCC(=O)O)c5)nc43)cc2)CCC1.CC(C)(C)OC(=O)NC1(c2ccc(-n3c(-c4cccnc4N)nc4ccc(Cl)nc43)cc2)CCC1.CCOC(=O)CCc1cccc(B(O)O)c1. The summed E-state index contributed by atoms with van der Waals surface area (Å²) in [5.74, 6) is 0.888. The third-order valence-electron chi connectivity index (χ3n) is 16.4. The van der Waals surface area contributed by atoms with Crippen molar-refractivity contribution >= 4 is 82.3 Å². The van der Waals surface area contributed by atoms with Gasteiger partial charge >= 0.3 is 31.2 Å². The van der Waals surface area contributed by atoms with Gasteiger partial charge in [-0.3, -0.25) is 18.7 Å². The molecule has 22 nitrogen and oxygen atoms in total. The van der Waals surface area contributed by atoms with Crippen LogP contribution in [-0.2, 0) is 47.7 Å². The van der Waals surface area contributed by atoms with Crippen LogP contribution in [0.5, 0.6) is 0 Å². The summed E-state index contributed by atoms with van der Waals surface area (Å²) >= 11 is 6.23. The number of anilines is 2. The number of carboxylic acids is 1. The van der Waals surface area contributed by atoms with E-state index in [0.717, 1.165) is 83.4 Å². The second-order valence-corrected chi connectivity index (χ2v) is 26.1. The Balaban J connectivity index is 0.000000174. The molecule has 0 aliphatic heterocycles. The molecule has 9 N–H and O–H groups in total. The lowest BCUT2D eigenvalue weighted by atomic mass is 9.72. The van der Waals surface area contributed by atoms with Crippen LogP contribution in [0.1, 0.15) is 122 Å². The minimum Gasteiger partial charge on any atom is -0.481 e. The van der Waals surface area contributed by atoms with Gasteiger partial charge in [0.15, 0.2) is 22.9 Å². The molecular weight excluding hydrogens is 1240 g/mol. The quantitative estimate of drug-likeness (QED) is 0.0193. The van der Waals surface area contributed by atoms with E-state index in [2.05, 4.69) is 25.6 Å². The van der Waals surface area contributed by atoms with Crippen LogP contribution in [0, 0.1) is 0 Å². The number of carboxylic acid groups (broad SMARTS) is 1. The Morgan fingerprint density at radius 1 is 0.594 bits per heavy atom. The number of amides is 2. The minimum atomic E-state index is -1.47. The molecule has 0 saturated heterocycles. The van der Waals surface area contributed by atoms with Gasteiger partial charge < -0.3 is 51.5 Å². The van der Waals surface area contributed by atoms with E-state index in [-0.39, 0.29) is 12.4 Å². The Morgan fingerprint density at radius 3 is 1.53 bits per heavy atom. The maximum atomic E-state index is 12.7. The van der Waals surface area contributed by atoms with Crippen LogP contribution >= 0.6 is 11.6 Å². The molecule has 6 aromatic heterocycles. The molecule has 496 valence electrons. The summed E-state index contributed by atoms with van der Waals surface area (Å²) in [5.41, 5.74) is 22.0. The summed E-state index contributed by atoms with van der Waals surface area (Å²) in [5, 5.41) is 33.7. The highest BCUT2D eigenvalue weighted by Gasteiger charge is 2.42. The van der Waals surface area contributed by atoms with Crippen LogP contribution in [-0.4, -0.2) is 103 Å². The lowest BCUT2D eigenvalue weighted by Crippen LogP contribution is -2.52. The molecule has 6 heterocycles. The summed E-state index contributed by atoms with van der Waals surface area (Å²) in [6.07, 6.45) is 9.21. The number of alkyl carbamates (subject to hydrolysis) is 2. The Morgan fingerprint density at radius 2 is 1.07 bits per heavy atom. The number of rotatable bonds is 17. The van der Waals surface area contributed by atoms with Gasteiger partial charge in [0.25, 0.3) is 0 Å². The van der Waals surface area contributed by atoms with Gasteiger partial charge in [-0.05, 0) is 206 Å². The average molecular weight is 1320 g/mol. The molecule has 2 fully saturated rings. The van der Waals surface area contributed by atoms with Gasteiger partial charge in [0.05, 0.1) is 34.5 Å². The number of imidazole rings is 2. The highest BCUT2D eigenvalue weighted by molar-refractivity contribution is 6.58. The van der Waals surface area contributed by atoms with Gasteiger partial charge in [-0.2, -0.15) is 0 Å². The Bertz CT molecular complexity index is 4440. The first-order valence-corrected chi connectivity index (χ1v) is 32.2. The van der Waals surface area contributed by atoms with Gasteiger partial charge in [-0.1, -0.05) is 78.3 Å². The van der Waals surface area contributed by atoms with Crippen molar-refractivity contribution in [3.05, 3.63) is 185 Å². The Labute approximate surface area is 561 Å². The summed E-state index contributed by atoms with van der Waals surface area (Å²) < 4.78 is 19.8. The normalized spacial score (nSPS) is 13.7. The van der Waals surface area contributed by atoms with Crippen LogP contribution in [0.3, 0.4) is 0 Å². The average Bonchev–Trinajstić information content (AvgIpc) is 1.45. The molecule has 24 heteroatoms. The number of nitrogens with zero attached hydrogens (tertiary/aromatic N) is 8. The molecule has 4 aromatic carbocycles. The van der Waals surface area contributed by atoms with Crippen LogP contribution in [0.4, 0.5) is 21.2 Å². The molecule has 96 heavy (non-hydrogen) atoms. The van der Waals surface area contributed by atoms with Gasteiger partial charge in [0, 0.05) is 42.2 Å². The van der Waals surface area contributed by atoms with Gasteiger partial charge in [-0.25, -0.2) is 39.5 Å². The second-order valence-electron chi connectivity index (χ2n) is 25.7. The van der Waals surface area contributed by atoms with Crippen molar-refractivity contribution in [3.63, 3.8) is 0 Å². The lowest BCUT2D eigenvalue weighted by molar-refractivity contribution is -0.143. The smallest absolute Gasteiger partial charge is 0.481 e. The molecule has 0 spiro atoms. The summed E-state index contributed by atoms with van der Waals surface area (Å²) in [6.45, 7) is 13.3. The summed E-state index contributed by atoms with van der Waals surface area (Å²) in [6, 6.07) is 45.5. The Kier molecular flexibility index (Phi) is 20.9. The number of nitrogens with two attached hydrogens (primary N) is 2. The van der Waals surface area contributed by atoms with Crippen molar-refractivity contribution in [3.8, 4) is 45.4 Å². The van der Waals surface area contributed by atoms with E-state index >= 15 is 0 Å². The first-order valence-electron chi connectivity index (χ1n) is 31.8. The van der Waals surface area contributed by atoms with Crippen LogP contribution in [0.2, 0.25) is 5.15 Å². The third-order valence-corrected chi connectivity index (χ3v) is 16.6. The number of carbonyl (C=O) groups is 4. The number of aromatic nitrogens is 8. The first-order chi connectivity index (χ1) is 45.8. The predicted molar refractivity (Wildman–Crippen MR) is 370 cm³/mol. The fraction of sp³-hybridized carbons (Fsp3) is 0.306.